The van der Waals surface area contributed by atoms with E-state index in [-0.39, 0.29) is 41.8 Å². The van der Waals surface area contributed by atoms with Crippen molar-refractivity contribution in [2.75, 3.05) is 16.8 Å². The number of pyridine rings is 1. The van der Waals surface area contributed by atoms with Crippen molar-refractivity contribution in [3.8, 4) is 17.7 Å². The van der Waals surface area contributed by atoms with E-state index in [4.69, 9.17) is 10.00 Å². The van der Waals surface area contributed by atoms with E-state index >= 15 is 0 Å². The summed E-state index contributed by atoms with van der Waals surface area (Å²) >= 11 is 0. The Morgan fingerprint density at radius 2 is 2.12 bits per heavy atom. The first-order valence-corrected chi connectivity index (χ1v) is 12.1. The number of carbonyl (C=O) groups is 2. The van der Waals surface area contributed by atoms with Crippen molar-refractivity contribution in [2.24, 2.45) is 5.10 Å². The summed E-state index contributed by atoms with van der Waals surface area (Å²) in [7, 11) is -3.19. The summed E-state index contributed by atoms with van der Waals surface area (Å²) in [6.45, 7) is 1.79. The summed E-state index contributed by atoms with van der Waals surface area (Å²) in [6, 6.07) is 9.73. The lowest BCUT2D eigenvalue weighted by atomic mass is 10.1. The summed E-state index contributed by atoms with van der Waals surface area (Å²) < 4.78 is 29.2. The van der Waals surface area contributed by atoms with Crippen molar-refractivity contribution < 1.29 is 22.7 Å². The van der Waals surface area contributed by atoms with Gasteiger partial charge in [0.15, 0.2) is 9.84 Å². The second-order valence-electron chi connectivity index (χ2n) is 7.84. The van der Waals surface area contributed by atoms with E-state index in [0.29, 0.717) is 29.0 Å². The smallest absolute Gasteiger partial charge is 0.271 e. The number of amides is 2. The first kappa shape index (κ1) is 22.4. The maximum Gasteiger partial charge on any atom is 0.271 e. The molecule has 0 bridgehead atoms. The van der Waals surface area contributed by atoms with Gasteiger partial charge in [0.2, 0.25) is 11.8 Å². The number of ether oxygens (including phenoxy) is 1. The standard InChI is InChI=1S/C22H21N5O5S/c1-14-11-17(32-22-15(12-23)3-2-9-24-22)4-5-18(14)25-21(29)19-6-7-20(28)27(26-19)16-8-10-33(30,31)13-16/h2-5,9,11,16H,6-8,10,13H2,1H3,(H,25,29). The lowest BCUT2D eigenvalue weighted by molar-refractivity contribution is -0.133. The molecule has 1 aromatic heterocycles. The Morgan fingerprint density at radius 3 is 2.82 bits per heavy atom. The molecular weight excluding hydrogens is 446 g/mol. The third-order valence-electron chi connectivity index (χ3n) is 5.43. The van der Waals surface area contributed by atoms with Crippen molar-refractivity contribution in [1.29, 1.82) is 5.26 Å². The van der Waals surface area contributed by atoms with Crippen LogP contribution < -0.4 is 10.1 Å². The average Bonchev–Trinajstić information content (AvgIpc) is 3.15. The molecule has 1 N–H and O–H groups in total. The highest BCUT2D eigenvalue weighted by atomic mass is 32.2. The number of aromatic nitrogens is 1. The lowest BCUT2D eigenvalue weighted by Gasteiger charge is -2.27. The minimum atomic E-state index is -3.19. The zero-order valence-corrected chi connectivity index (χ0v) is 18.6. The van der Waals surface area contributed by atoms with Crippen LogP contribution in [0.2, 0.25) is 0 Å². The van der Waals surface area contributed by atoms with Crippen LogP contribution >= 0.6 is 0 Å². The number of nitrogens with zero attached hydrogens (tertiary/aromatic N) is 4. The first-order chi connectivity index (χ1) is 15.8. The third kappa shape index (κ3) is 5.01. The van der Waals surface area contributed by atoms with Gasteiger partial charge in [-0.15, -0.1) is 0 Å². The molecule has 2 aliphatic heterocycles. The van der Waals surface area contributed by atoms with E-state index < -0.39 is 21.8 Å². The SMILES string of the molecule is Cc1cc(Oc2ncccc2C#N)ccc1NC(=O)C1=NN(C2CCS(=O)(=O)C2)C(=O)CC1. The van der Waals surface area contributed by atoms with Gasteiger partial charge in [-0.25, -0.2) is 18.4 Å². The topological polar surface area (TPSA) is 142 Å². The Bertz CT molecular complexity index is 1300. The molecule has 11 heteroatoms. The zero-order valence-electron chi connectivity index (χ0n) is 17.8. The molecule has 170 valence electrons. The number of nitrogens with one attached hydrogen (secondary N) is 1. The molecule has 33 heavy (non-hydrogen) atoms. The maximum absolute atomic E-state index is 12.8. The van der Waals surface area contributed by atoms with Gasteiger partial charge in [-0.1, -0.05) is 0 Å². The highest BCUT2D eigenvalue weighted by molar-refractivity contribution is 7.91. The van der Waals surface area contributed by atoms with E-state index in [1.54, 1.807) is 37.3 Å². The van der Waals surface area contributed by atoms with Crippen LogP contribution in [-0.2, 0) is 19.4 Å². The molecule has 0 spiro atoms. The number of carbonyl (C=O) groups excluding carboxylic acids is 2. The summed E-state index contributed by atoms with van der Waals surface area (Å²) in [5.41, 5.74) is 1.72. The number of sulfone groups is 1. The quantitative estimate of drug-likeness (QED) is 0.710. The van der Waals surface area contributed by atoms with Gasteiger partial charge >= 0.3 is 0 Å². The summed E-state index contributed by atoms with van der Waals surface area (Å²) in [5, 5.41) is 17.3. The molecule has 2 aromatic rings. The molecular formula is C22H21N5O5S. The summed E-state index contributed by atoms with van der Waals surface area (Å²) in [5.74, 6) is -0.220. The Labute approximate surface area is 190 Å². The largest absolute Gasteiger partial charge is 0.438 e. The van der Waals surface area contributed by atoms with E-state index in [1.165, 1.54) is 6.20 Å². The zero-order chi connectivity index (χ0) is 23.6. The normalized spacial score (nSPS) is 19.5. The van der Waals surface area contributed by atoms with Gasteiger partial charge < -0.3 is 10.1 Å². The molecule has 0 aliphatic carbocycles. The molecule has 1 aromatic carbocycles. The number of aryl methyl sites for hydroxylation is 1. The van der Waals surface area contributed by atoms with Crippen LogP contribution in [0, 0.1) is 18.3 Å². The van der Waals surface area contributed by atoms with Crippen LogP contribution in [0.3, 0.4) is 0 Å². The summed E-state index contributed by atoms with van der Waals surface area (Å²) in [4.78, 5) is 29.1. The summed E-state index contributed by atoms with van der Waals surface area (Å²) in [6.07, 6.45) is 2.12. The number of hydrazone groups is 1. The fraction of sp³-hybridized carbons (Fsp3) is 0.318. The molecule has 0 radical (unpaired) electrons. The Balaban J connectivity index is 1.47. The predicted molar refractivity (Wildman–Crippen MR) is 119 cm³/mol. The first-order valence-electron chi connectivity index (χ1n) is 10.3. The predicted octanol–water partition coefficient (Wildman–Crippen LogP) is 2.16. The second kappa shape index (κ2) is 8.99. The van der Waals surface area contributed by atoms with Crippen LogP contribution in [0.4, 0.5) is 5.69 Å². The van der Waals surface area contributed by atoms with Gasteiger partial charge in [-0.05, 0) is 49.2 Å². The molecule has 3 heterocycles. The molecule has 0 saturated carbocycles. The van der Waals surface area contributed by atoms with Gasteiger partial charge in [0, 0.05) is 24.7 Å². The number of hydrogen-bond donors (Lipinski definition) is 1. The molecule has 4 rings (SSSR count). The van der Waals surface area contributed by atoms with Gasteiger partial charge in [-0.3, -0.25) is 9.59 Å². The molecule has 1 atom stereocenters. The second-order valence-corrected chi connectivity index (χ2v) is 10.1. The molecule has 1 saturated heterocycles. The van der Waals surface area contributed by atoms with Crippen LogP contribution in [0.5, 0.6) is 11.6 Å². The van der Waals surface area contributed by atoms with Gasteiger partial charge in [0.25, 0.3) is 5.91 Å². The Kier molecular flexibility index (Phi) is 6.11. The number of hydrogen-bond acceptors (Lipinski definition) is 8. The van der Waals surface area contributed by atoms with E-state index in [1.807, 2.05) is 6.07 Å². The number of nitriles is 1. The third-order valence-corrected chi connectivity index (χ3v) is 7.18. The van der Waals surface area contributed by atoms with E-state index in [9.17, 15) is 18.0 Å². The van der Waals surface area contributed by atoms with Crippen LogP contribution in [0.1, 0.15) is 30.4 Å². The Hall–Kier alpha value is -3.78. The fourth-order valence-corrected chi connectivity index (χ4v) is 5.38. The maximum atomic E-state index is 12.8. The van der Waals surface area contributed by atoms with Crippen molar-refractivity contribution in [3.63, 3.8) is 0 Å². The highest BCUT2D eigenvalue weighted by Gasteiger charge is 2.37. The molecule has 2 amide bonds. The minimum absolute atomic E-state index is 0.0144. The van der Waals surface area contributed by atoms with E-state index in [0.717, 1.165) is 5.01 Å². The minimum Gasteiger partial charge on any atom is -0.438 e. The van der Waals surface area contributed by atoms with Crippen LogP contribution in [0.25, 0.3) is 0 Å². The van der Waals surface area contributed by atoms with Crippen molar-refractivity contribution >= 4 is 33.1 Å². The molecule has 2 aliphatic rings. The van der Waals surface area contributed by atoms with Crippen molar-refractivity contribution in [2.45, 2.75) is 32.2 Å². The number of benzene rings is 1. The van der Waals surface area contributed by atoms with Gasteiger partial charge in [-0.2, -0.15) is 10.4 Å². The van der Waals surface area contributed by atoms with Crippen LogP contribution in [-0.4, -0.2) is 53.5 Å². The number of rotatable bonds is 5. The molecule has 1 fully saturated rings. The number of anilines is 1. The van der Waals surface area contributed by atoms with Crippen LogP contribution in [0.15, 0.2) is 41.6 Å². The molecule has 10 nitrogen and oxygen atoms in total. The van der Waals surface area contributed by atoms with Gasteiger partial charge in [0.05, 0.1) is 17.5 Å². The lowest BCUT2D eigenvalue weighted by Crippen LogP contribution is -2.42. The van der Waals surface area contributed by atoms with Gasteiger partial charge in [0.1, 0.15) is 23.1 Å². The monoisotopic (exact) mass is 467 g/mol. The fourth-order valence-electron chi connectivity index (χ4n) is 3.69. The highest BCUT2D eigenvalue weighted by Crippen LogP contribution is 2.27. The average molecular weight is 468 g/mol. The molecule has 1 unspecified atom stereocenters. The van der Waals surface area contributed by atoms with E-state index in [2.05, 4.69) is 15.4 Å². The van der Waals surface area contributed by atoms with Crippen molar-refractivity contribution in [1.82, 2.24) is 9.99 Å². The van der Waals surface area contributed by atoms with Crippen molar-refractivity contribution in [3.05, 3.63) is 47.7 Å². The Morgan fingerprint density at radius 1 is 1.30 bits per heavy atom.